The first-order chi connectivity index (χ1) is 12.2. The molecule has 0 atom stereocenters. The second-order valence-corrected chi connectivity index (χ2v) is 7.30. The molecule has 142 valence electrons. The van der Waals surface area contributed by atoms with E-state index in [1.165, 1.54) is 0 Å². The maximum atomic E-state index is 11.2. The summed E-state index contributed by atoms with van der Waals surface area (Å²) in [7, 11) is 0. The number of rotatable bonds is 7. The minimum atomic E-state index is -0.379. The van der Waals surface area contributed by atoms with Crippen LogP contribution in [0.3, 0.4) is 0 Å². The van der Waals surface area contributed by atoms with Gasteiger partial charge >= 0.3 is 5.69 Å². The summed E-state index contributed by atoms with van der Waals surface area (Å²) in [6.07, 6.45) is 2.96. The van der Waals surface area contributed by atoms with Crippen LogP contribution in [-0.2, 0) is 13.0 Å². The predicted octanol–water partition coefficient (Wildman–Crippen LogP) is 5.26. The van der Waals surface area contributed by atoms with E-state index >= 15 is 0 Å². The van der Waals surface area contributed by atoms with Gasteiger partial charge in [0, 0.05) is 11.6 Å². The van der Waals surface area contributed by atoms with Gasteiger partial charge in [-0.1, -0.05) is 49.7 Å². The topological polar surface area (TPSA) is 78.4 Å². The van der Waals surface area contributed by atoms with Crippen LogP contribution in [0.25, 0.3) is 0 Å². The normalized spacial score (nSPS) is 10.7. The van der Waals surface area contributed by atoms with Crippen LogP contribution in [0.4, 0.5) is 5.69 Å². The number of aryl methyl sites for hydroxylation is 1. The van der Waals surface area contributed by atoms with Crippen LogP contribution in [0, 0.1) is 10.1 Å². The lowest BCUT2D eigenvalue weighted by molar-refractivity contribution is -0.386. The van der Waals surface area contributed by atoms with E-state index in [1.54, 1.807) is 12.1 Å². The van der Waals surface area contributed by atoms with Crippen molar-refractivity contribution < 1.29 is 9.66 Å². The number of nitro benzene ring substituents is 1. The summed E-state index contributed by atoms with van der Waals surface area (Å²) in [5.74, 6) is 0.323. The fraction of sp³-hybridized carbons (Fsp3) is 0.429. The average molecular weight is 358 g/mol. The molecule has 0 bridgehead atoms. The SMILES string of the molecule is CC(C)(C)N.CCCCc1ccc(OCc2ccccc2)c([N+](=O)[O-])c1. The van der Waals surface area contributed by atoms with E-state index in [0.29, 0.717) is 12.4 Å². The summed E-state index contributed by atoms with van der Waals surface area (Å²) in [4.78, 5) is 10.8. The molecule has 2 aromatic rings. The Morgan fingerprint density at radius 1 is 1.08 bits per heavy atom. The molecule has 0 saturated carbocycles. The third-order valence-corrected chi connectivity index (χ3v) is 3.28. The fourth-order valence-electron chi connectivity index (χ4n) is 2.10. The molecule has 0 aliphatic heterocycles. The number of nitro groups is 1. The molecule has 0 fully saturated rings. The molecule has 2 aromatic carbocycles. The molecular weight excluding hydrogens is 328 g/mol. The van der Waals surface area contributed by atoms with Gasteiger partial charge in [-0.2, -0.15) is 0 Å². The van der Waals surface area contributed by atoms with Gasteiger partial charge in [-0.15, -0.1) is 0 Å². The van der Waals surface area contributed by atoms with Crippen molar-refractivity contribution in [2.75, 3.05) is 0 Å². The average Bonchev–Trinajstić information content (AvgIpc) is 2.58. The van der Waals surface area contributed by atoms with Gasteiger partial charge in [0.1, 0.15) is 6.61 Å². The van der Waals surface area contributed by atoms with Crippen LogP contribution >= 0.6 is 0 Å². The Balaban J connectivity index is 0.000000597. The third-order valence-electron chi connectivity index (χ3n) is 3.28. The zero-order valence-electron chi connectivity index (χ0n) is 16.2. The molecule has 0 saturated heterocycles. The molecule has 0 aromatic heterocycles. The second-order valence-electron chi connectivity index (χ2n) is 7.30. The van der Waals surface area contributed by atoms with Gasteiger partial charge in [-0.25, -0.2) is 0 Å². The Morgan fingerprint density at radius 2 is 1.69 bits per heavy atom. The Bertz CT molecular complexity index is 673. The zero-order valence-corrected chi connectivity index (χ0v) is 16.2. The zero-order chi connectivity index (χ0) is 19.6. The van der Waals surface area contributed by atoms with Crippen molar-refractivity contribution in [1.82, 2.24) is 0 Å². The first-order valence-corrected chi connectivity index (χ1v) is 8.93. The highest BCUT2D eigenvalue weighted by molar-refractivity contribution is 5.48. The molecule has 0 aliphatic carbocycles. The molecule has 2 rings (SSSR count). The minimum Gasteiger partial charge on any atom is -0.482 e. The van der Waals surface area contributed by atoms with Crippen LogP contribution in [0.1, 0.15) is 51.7 Å². The number of nitrogens with zero attached hydrogens (tertiary/aromatic N) is 1. The largest absolute Gasteiger partial charge is 0.482 e. The van der Waals surface area contributed by atoms with Gasteiger partial charge < -0.3 is 10.5 Å². The molecule has 0 heterocycles. The van der Waals surface area contributed by atoms with Gasteiger partial charge in [0.15, 0.2) is 5.75 Å². The lowest BCUT2D eigenvalue weighted by atomic mass is 10.1. The molecule has 0 spiro atoms. The highest BCUT2D eigenvalue weighted by Crippen LogP contribution is 2.29. The van der Waals surface area contributed by atoms with Crippen molar-refractivity contribution in [2.24, 2.45) is 5.73 Å². The van der Waals surface area contributed by atoms with Gasteiger partial charge in [0.2, 0.25) is 0 Å². The van der Waals surface area contributed by atoms with E-state index in [-0.39, 0.29) is 16.1 Å². The number of unbranched alkanes of at least 4 members (excludes halogenated alkanes) is 1. The van der Waals surface area contributed by atoms with E-state index in [2.05, 4.69) is 6.92 Å². The van der Waals surface area contributed by atoms with Crippen LogP contribution in [-0.4, -0.2) is 10.5 Å². The number of hydrogen-bond acceptors (Lipinski definition) is 4. The summed E-state index contributed by atoms with van der Waals surface area (Å²) in [6, 6.07) is 14.9. The van der Waals surface area contributed by atoms with Crippen molar-refractivity contribution in [1.29, 1.82) is 0 Å². The molecule has 2 N–H and O–H groups in total. The Kier molecular flexibility index (Phi) is 8.79. The monoisotopic (exact) mass is 358 g/mol. The molecule has 0 radical (unpaired) electrons. The number of benzene rings is 2. The second kappa shape index (κ2) is 10.6. The fourth-order valence-corrected chi connectivity index (χ4v) is 2.10. The maximum Gasteiger partial charge on any atom is 0.311 e. The first kappa shape index (κ1) is 21.6. The smallest absolute Gasteiger partial charge is 0.311 e. The molecule has 26 heavy (non-hydrogen) atoms. The number of hydrogen-bond donors (Lipinski definition) is 1. The first-order valence-electron chi connectivity index (χ1n) is 8.93. The van der Waals surface area contributed by atoms with Crippen LogP contribution in [0.5, 0.6) is 5.75 Å². The summed E-state index contributed by atoms with van der Waals surface area (Å²) < 4.78 is 5.60. The maximum absolute atomic E-state index is 11.2. The standard InChI is InChI=1S/C17H19NO3.C4H11N/c1-2-3-7-14-10-11-17(16(12-14)18(19)20)21-13-15-8-5-4-6-9-15;1-4(2,3)5/h4-6,8-12H,2-3,7,13H2,1H3;5H2,1-3H3. The Hall–Kier alpha value is -2.40. The van der Waals surface area contributed by atoms with Crippen LogP contribution in [0.2, 0.25) is 0 Å². The van der Waals surface area contributed by atoms with Crippen molar-refractivity contribution in [3.8, 4) is 5.75 Å². The number of nitrogens with two attached hydrogens (primary N) is 1. The predicted molar refractivity (Wildman–Crippen MR) is 106 cm³/mol. The summed E-state index contributed by atoms with van der Waals surface area (Å²) in [6.45, 7) is 8.33. The third kappa shape index (κ3) is 9.18. The number of ether oxygens (including phenoxy) is 1. The highest BCUT2D eigenvalue weighted by Gasteiger charge is 2.16. The molecule has 5 nitrogen and oxygen atoms in total. The van der Waals surface area contributed by atoms with Gasteiger partial charge in [-0.3, -0.25) is 10.1 Å². The highest BCUT2D eigenvalue weighted by atomic mass is 16.6. The molecule has 0 amide bonds. The lowest BCUT2D eigenvalue weighted by Gasteiger charge is -2.08. The van der Waals surface area contributed by atoms with Crippen LogP contribution < -0.4 is 10.5 Å². The minimum absolute atomic E-state index is 0. The van der Waals surface area contributed by atoms with E-state index in [0.717, 1.165) is 30.4 Å². The molecule has 5 heteroatoms. The lowest BCUT2D eigenvalue weighted by Crippen LogP contribution is -2.26. The van der Waals surface area contributed by atoms with E-state index < -0.39 is 0 Å². The Labute approximate surface area is 156 Å². The summed E-state index contributed by atoms with van der Waals surface area (Å²) >= 11 is 0. The van der Waals surface area contributed by atoms with E-state index in [9.17, 15) is 10.1 Å². The Morgan fingerprint density at radius 3 is 2.23 bits per heavy atom. The van der Waals surface area contributed by atoms with Crippen molar-refractivity contribution >= 4 is 5.69 Å². The molecule has 0 unspecified atom stereocenters. The van der Waals surface area contributed by atoms with Crippen molar-refractivity contribution in [3.63, 3.8) is 0 Å². The van der Waals surface area contributed by atoms with Crippen molar-refractivity contribution in [2.45, 2.75) is 59.1 Å². The van der Waals surface area contributed by atoms with Gasteiger partial charge in [0.25, 0.3) is 0 Å². The van der Waals surface area contributed by atoms with Crippen LogP contribution in [0.15, 0.2) is 48.5 Å². The van der Waals surface area contributed by atoms with Gasteiger partial charge in [-0.05, 0) is 50.8 Å². The molecular formula is C21H30N2O3. The van der Waals surface area contributed by atoms with Gasteiger partial charge in [0.05, 0.1) is 4.92 Å². The van der Waals surface area contributed by atoms with E-state index in [4.69, 9.17) is 10.5 Å². The summed E-state index contributed by atoms with van der Waals surface area (Å²) in [5.41, 5.74) is 7.37. The van der Waals surface area contributed by atoms with E-state index in [1.807, 2.05) is 57.2 Å². The quantitative estimate of drug-likeness (QED) is 0.541. The molecule has 0 aliphatic rings. The van der Waals surface area contributed by atoms with Crippen molar-refractivity contribution in [3.05, 3.63) is 69.8 Å². The summed E-state index contributed by atoms with van der Waals surface area (Å²) in [5, 5.41) is 11.2.